The molecule has 2 N–H and O–H groups in total. The Morgan fingerprint density at radius 2 is 2.03 bits per heavy atom. The van der Waals surface area contributed by atoms with E-state index in [1.54, 1.807) is 30.3 Å². The Balaban J connectivity index is 1.46. The maximum Gasteiger partial charge on any atom is 0.163 e. The summed E-state index contributed by atoms with van der Waals surface area (Å²) in [6.07, 6.45) is 1.97. The summed E-state index contributed by atoms with van der Waals surface area (Å²) in [5.41, 5.74) is 1.21. The van der Waals surface area contributed by atoms with Crippen molar-refractivity contribution < 1.29 is 19.3 Å². The zero-order chi connectivity index (χ0) is 20.0. The fourth-order valence-electron chi connectivity index (χ4n) is 3.68. The van der Waals surface area contributed by atoms with Crippen molar-refractivity contribution >= 4 is 45.6 Å². The van der Waals surface area contributed by atoms with E-state index in [1.165, 1.54) is 6.33 Å². The number of rotatable bonds is 4. The third-order valence-electron chi connectivity index (χ3n) is 5.10. The van der Waals surface area contributed by atoms with E-state index in [1.807, 2.05) is 0 Å². The predicted octanol–water partition coefficient (Wildman–Crippen LogP) is 4.32. The number of phenols is 1. The van der Waals surface area contributed by atoms with Crippen molar-refractivity contribution in [2.75, 3.05) is 18.5 Å². The number of nitrogens with zero attached hydrogens (tertiary/aromatic N) is 2. The highest BCUT2D eigenvalue weighted by molar-refractivity contribution is 6.35. The number of aromatic hydroxyl groups is 1. The number of halogens is 2. The number of fused-ring (bicyclic) bond motifs is 2. The van der Waals surface area contributed by atoms with E-state index in [2.05, 4.69) is 15.3 Å². The van der Waals surface area contributed by atoms with Gasteiger partial charge in [0.1, 0.15) is 18.2 Å². The molecule has 29 heavy (non-hydrogen) atoms. The summed E-state index contributed by atoms with van der Waals surface area (Å²) < 4.78 is 17.4. The highest BCUT2D eigenvalue weighted by atomic mass is 35.5. The molecule has 2 aliphatic heterocycles. The normalized spacial score (nSPS) is 23.3. The smallest absolute Gasteiger partial charge is 0.163 e. The van der Waals surface area contributed by atoms with Crippen molar-refractivity contribution in [3.63, 3.8) is 0 Å². The van der Waals surface area contributed by atoms with Crippen LogP contribution in [-0.2, 0) is 9.47 Å². The van der Waals surface area contributed by atoms with Crippen molar-refractivity contribution in [2.45, 2.75) is 24.7 Å². The minimum atomic E-state index is -0.268. The molecule has 2 fully saturated rings. The minimum absolute atomic E-state index is 0.0195. The van der Waals surface area contributed by atoms with Crippen LogP contribution < -0.4 is 10.1 Å². The van der Waals surface area contributed by atoms with Crippen LogP contribution in [-0.4, -0.2) is 46.6 Å². The van der Waals surface area contributed by atoms with Crippen molar-refractivity contribution in [2.24, 2.45) is 0 Å². The van der Waals surface area contributed by atoms with Crippen LogP contribution in [0.3, 0.4) is 0 Å². The highest BCUT2D eigenvalue weighted by Crippen LogP contribution is 2.38. The van der Waals surface area contributed by atoms with Gasteiger partial charge in [0.15, 0.2) is 17.6 Å². The lowest BCUT2D eigenvalue weighted by Crippen LogP contribution is -2.32. The van der Waals surface area contributed by atoms with Gasteiger partial charge in [-0.3, -0.25) is 0 Å². The molecule has 2 aliphatic rings. The third-order valence-corrected chi connectivity index (χ3v) is 5.66. The van der Waals surface area contributed by atoms with Crippen LogP contribution in [0.2, 0.25) is 10.0 Å². The van der Waals surface area contributed by atoms with Gasteiger partial charge in [0.25, 0.3) is 0 Å². The molecule has 3 atom stereocenters. The highest BCUT2D eigenvalue weighted by Gasteiger charge is 2.43. The summed E-state index contributed by atoms with van der Waals surface area (Å²) in [6, 6.07) is 8.34. The third kappa shape index (κ3) is 3.55. The molecule has 0 amide bonds. The molecule has 3 aromatic rings. The van der Waals surface area contributed by atoms with Gasteiger partial charge >= 0.3 is 0 Å². The number of hydrogen-bond acceptors (Lipinski definition) is 7. The van der Waals surface area contributed by atoms with Gasteiger partial charge < -0.3 is 24.6 Å². The molecule has 5 rings (SSSR count). The molecular weight excluding hydrogens is 417 g/mol. The van der Waals surface area contributed by atoms with E-state index in [0.29, 0.717) is 51.4 Å². The average Bonchev–Trinajstić information content (AvgIpc) is 3.31. The SMILES string of the molecule is Oc1cc2c(Nc3cc(Cl)ccc3Cl)ncnc2cc1O[C@@H]1COC2CCOC21. The molecule has 0 aliphatic carbocycles. The lowest BCUT2D eigenvalue weighted by atomic mass is 10.1. The standard InChI is InChI=1S/C20H17Cl2N3O4/c21-10-1-2-12(22)14(5-10)25-20-11-6-15(26)17(7-13(11)23-9-24-20)29-18-8-28-16-3-4-27-19(16)18/h1-2,5-7,9,16,18-19,26H,3-4,8H2,(H,23,24,25)/t16?,18-,19?/m1/s1. The Kier molecular flexibility index (Phi) is 4.83. The van der Waals surface area contributed by atoms with Gasteiger partial charge in [-0.15, -0.1) is 0 Å². The molecule has 150 valence electrons. The molecule has 2 saturated heterocycles. The Bertz CT molecular complexity index is 1080. The van der Waals surface area contributed by atoms with Gasteiger partial charge in [-0.1, -0.05) is 23.2 Å². The molecule has 2 aromatic carbocycles. The van der Waals surface area contributed by atoms with Crippen LogP contribution in [0.4, 0.5) is 11.5 Å². The Morgan fingerprint density at radius 1 is 1.14 bits per heavy atom. The summed E-state index contributed by atoms with van der Waals surface area (Å²) in [4.78, 5) is 8.58. The first-order chi connectivity index (χ1) is 14.1. The molecule has 9 heteroatoms. The van der Waals surface area contributed by atoms with Crippen LogP contribution in [0, 0.1) is 0 Å². The van der Waals surface area contributed by atoms with Gasteiger partial charge in [0.05, 0.1) is 28.9 Å². The minimum Gasteiger partial charge on any atom is -0.504 e. The van der Waals surface area contributed by atoms with E-state index in [0.717, 1.165) is 6.42 Å². The van der Waals surface area contributed by atoms with Crippen molar-refractivity contribution in [3.8, 4) is 11.5 Å². The molecule has 1 aromatic heterocycles. The maximum atomic E-state index is 10.6. The summed E-state index contributed by atoms with van der Waals surface area (Å²) in [5.74, 6) is 0.797. The van der Waals surface area contributed by atoms with Crippen molar-refractivity contribution in [1.82, 2.24) is 9.97 Å². The van der Waals surface area contributed by atoms with E-state index in [4.69, 9.17) is 37.4 Å². The zero-order valence-corrected chi connectivity index (χ0v) is 16.7. The van der Waals surface area contributed by atoms with E-state index >= 15 is 0 Å². The van der Waals surface area contributed by atoms with Crippen molar-refractivity contribution in [3.05, 3.63) is 46.7 Å². The number of aromatic nitrogens is 2. The summed E-state index contributed by atoms with van der Waals surface area (Å²) >= 11 is 12.3. The van der Waals surface area contributed by atoms with Crippen LogP contribution in [0.25, 0.3) is 10.9 Å². The van der Waals surface area contributed by atoms with E-state index < -0.39 is 0 Å². The molecule has 7 nitrogen and oxygen atoms in total. The van der Waals surface area contributed by atoms with Gasteiger partial charge in [0.2, 0.25) is 0 Å². The predicted molar refractivity (Wildman–Crippen MR) is 109 cm³/mol. The number of hydrogen-bond donors (Lipinski definition) is 2. The number of ether oxygens (including phenoxy) is 3. The van der Waals surface area contributed by atoms with Crippen molar-refractivity contribution in [1.29, 1.82) is 0 Å². The molecule has 0 spiro atoms. The molecule has 0 radical (unpaired) electrons. The number of nitrogens with one attached hydrogen (secondary N) is 1. The number of benzene rings is 2. The van der Waals surface area contributed by atoms with Gasteiger partial charge in [0, 0.05) is 23.1 Å². The van der Waals surface area contributed by atoms with Crippen LogP contribution >= 0.6 is 23.2 Å². The van der Waals surface area contributed by atoms with Gasteiger partial charge in [-0.2, -0.15) is 0 Å². The Hall–Kier alpha value is -2.32. The second-order valence-electron chi connectivity index (χ2n) is 6.96. The summed E-state index contributed by atoms with van der Waals surface area (Å²) in [6.45, 7) is 1.09. The lowest BCUT2D eigenvalue weighted by Gasteiger charge is -2.19. The summed E-state index contributed by atoms with van der Waals surface area (Å²) in [7, 11) is 0. The topological polar surface area (TPSA) is 85.7 Å². The molecule has 0 bridgehead atoms. The number of phenolic OH excluding ortho intramolecular Hbond substituents is 1. The van der Waals surface area contributed by atoms with Crippen LogP contribution in [0.5, 0.6) is 11.5 Å². The first-order valence-corrected chi connectivity index (χ1v) is 9.94. The largest absolute Gasteiger partial charge is 0.504 e. The Labute approximate surface area is 176 Å². The van der Waals surface area contributed by atoms with Gasteiger partial charge in [-0.05, 0) is 30.7 Å². The second-order valence-corrected chi connectivity index (χ2v) is 7.80. The molecular formula is C20H17Cl2N3O4. The molecule has 3 heterocycles. The first kappa shape index (κ1) is 18.7. The first-order valence-electron chi connectivity index (χ1n) is 9.18. The van der Waals surface area contributed by atoms with Crippen LogP contribution in [0.1, 0.15) is 6.42 Å². The fourth-order valence-corrected chi connectivity index (χ4v) is 4.02. The zero-order valence-electron chi connectivity index (χ0n) is 15.1. The van der Waals surface area contributed by atoms with Crippen LogP contribution in [0.15, 0.2) is 36.7 Å². The molecule has 2 unspecified atom stereocenters. The van der Waals surface area contributed by atoms with E-state index in [9.17, 15) is 5.11 Å². The number of anilines is 2. The van der Waals surface area contributed by atoms with E-state index in [-0.39, 0.29) is 24.1 Å². The monoisotopic (exact) mass is 433 g/mol. The second kappa shape index (κ2) is 7.50. The fraction of sp³-hybridized carbons (Fsp3) is 0.300. The lowest BCUT2D eigenvalue weighted by molar-refractivity contribution is 0.0299. The summed E-state index contributed by atoms with van der Waals surface area (Å²) in [5, 5.41) is 15.4. The average molecular weight is 434 g/mol. The Morgan fingerprint density at radius 3 is 2.93 bits per heavy atom. The molecule has 0 saturated carbocycles. The maximum absolute atomic E-state index is 10.6. The quantitative estimate of drug-likeness (QED) is 0.633. The van der Waals surface area contributed by atoms with Gasteiger partial charge in [-0.25, -0.2) is 9.97 Å².